The van der Waals surface area contributed by atoms with Gasteiger partial charge in [-0.2, -0.15) is 0 Å². The third-order valence-electron chi connectivity index (χ3n) is 2.82. The number of carbonyl (C=O) groups excluding carboxylic acids is 1. The number of thioether (sulfide) groups is 1. The van der Waals surface area contributed by atoms with Gasteiger partial charge in [-0.1, -0.05) is 19.1 Å². The van der Waals surface area contributed by atoms with Gasteiger partial charge in [-0.15, -0.1) is 11.8 Å². The van der Waals surface area contributed by atoms with Crippen LogP contribution in [0.4, 0.5) is 0 Å². The van der Waals surface area contributed by atoms with Gasteiger partial charge in [-0.3, -0.25) is 9.59 Å². The molecular formula is C15H20O4S. The summed E-state index contributed by atoms with van der Waals surface area (Å²) in [4.78, 5) is 23.3. The number of carbonyl (C=O) groups is 2. The first-order valence-electron chi connectivity index (χ1n) is 6.60. The molecule has 0 aliphatic rings. The average Bonchev–Trinajstić information content (AvgIpc) is 2.40. The van der Waals surface area contributed by atoms with Gasteiger partial charge in [0.05, 0.1) is 12.5 Å². The van der Waals surface area contributed by atoms with Crippen LogP contribution in [0.15, 0.2) is 29.2 Å². The molecule has 0 aliphatic heterocycles. The van der Waals surface area contributed by atoms with Crippen molar-refractivity contribution < 1.29 is 19.4 Å². The summed E-state index contributed by atoms with van der Waals surface area (Å²) in [6.07, 6.45) is 0.743. The van der Waals surface area contributed by atoms with Crippen molar-refractivity contribution in [3.8, 4) is 0 Å². The number of esters is 1. The third-order valence-corrected chi connectivity index (χ3v) is 3.91. The van der Waals surface area contributed by atoms with Gasteiger partial charge in [0.25, 0.3) is 0 Å². The third kappa shape index (κ3) is 5.65. The predicted molar refractivity (Wildman–Crippen MR) is 78.9 cm³/mol. The monoisotopic (exact) mass is 296 g/mol. The zero-order chi connectivity index (χ0) is 15.1. The Labute approximate surface area is 123 Å². The van der Waals surface area contributed by atoms with Gasteiger partial charge in [0.15, 0.2) is 0 Å². The van der Waals surface area contributed by atoms with E-state index in [0.29, 0.717) is 0 Å². The Morgan fingerprint density at radius 3 is 2.35 bits per heavy atom. The van der Waals surface area contributed by atoms with Crippen LogP contribution >= 0.6 is 11.8 Å². The minimum atomic E-state index is -0.851. The first-order chi connectivity index (χ1) is 9.42. The summed E-state index contributed by atoms with van der Waals surface area (Å²) < 4.78 is 5.27. The van der Waals surface area contributed by atoms with E-state index in [2.05, 4.69) is 0 Å². The van der Waals surface area contributed by atoms with E-state index >= 15 is 0 Å². The second-order valence-corrected chi connectivity index (χ2v) is 6.04. The van der Waals surface area contributed by atoms with Crippen LogP contribution in [0.5, 0.6) is 0 Å². The molecule has 110 valence electrons. The molecule has 0 fully saturated rings. The molecule has 0 amide bonds. The number of benzene rings is 1. The molecule has 0 radical (unpaired) electrons. The Morgan fingerprint density at radius 2 is 1.85 bits per heavy atom. The molecule has 2 unspecified atom stereocenters. The lowest BCUT2D eigenvalue weighted by Gasteiger charge is -2.15. The number of carboxylic acid groups (broad SMARTS) is 1. The average molecular weight is 296 g/mol. The molecule has 0 bridgehead atoms. The summed E-state index contributed by atoms with van der Waals surface area (Å²) in [5.41, 5.74) is 0.747. The van der Waals surface area contributed by atoms with Crippen LogP contribution in [-0.2, 0) is 20.7 Å². The highest BCUT2D eigenvalue weighted by molar-refractivity contribution is 8.00. The van der Waals surface area contributed by atoms with E-state index in [1.807, 2.05) is 26.0 Å². The number of hydrogen-bond donors (Lipinski definition) is 1. The summed E-state index contributed by atoms with van der Waals surface area (Å²) in [6.45, 7) is 5.65. The van der Waals surface area contributed by atoms with E-state index in [9.17, 15) is 9.59 Å². The van der Waals surface area contributed by atoms with Crippen molar-refractivity contribution in [3.63, 3.8) is 0 Å². The molecule has 0 saturated carbocycles. The summed E-state index contributed by atoms with van der Waals surface area (Å²) in [5.74, 6) is -1.07. The zero-order valence-electron chi connectivity index (χ0n) is 12.0. The molecule has 0 aliphatic carbocycles. The summed E-state index contributed by atoms with van der Waals surface area (Å²) in [6, 6.07) is 7.19. The Hall–Kier alpha value is -1.49. The smallest absolute Gasteiger partial charge is 0.319 e. The topological polar surface area (TPSA) is 63.6 Å². The fourth-order valence-electron chi connectivity index (χ4n) is 1.49. The van der Waals surface area contributed by atoms with Crippen LogP contribution < -0.4 is 0 Å². The van der Waals surface area contributed by atoms with Crippen molar-refractivity contribution in [3.05, 3.63) is 29.8 Å². The predicted octanol–water partition coefficient (Wildman–Crippen LogP) is 3.14. The van der Waals surface area contributed by atoms with Crippen LogP contribution in [0.1, 0.15) is 32.8 Å². The number of aliphatic carboxylic acids is 1. The van der Waals surface area contributed by atoms with Crippen LogP contribution in [0.2, 0.25) is 0 Å². The number of carboxylic acids is 1. The quantitative estimate of drug-likeness (QED) is 0.618. The second kappa shape index (κ2) is 7.94. The van der Waals surface area contributed by atoms with Crippen molar-refractivity contribution in [2.75, 3.05) is 0 Å². The van der Waals surface area contributed by atoms with Crippen molar-refractivity contribution >= 4 is 23.7 Å². The Balaban J connectivity index is 2.55. The molecule has 0 aromatic heterocycles. The van der Waals surface area contributed by atoms with Crippen molar-refractivity contribution in [2.24, 2.45) is 0 Å². The SMILES string of the molecule is CCC(C)OC(=O)C(C)Sc1ccc(CC(=O)O)cc1. The molecule has 5 heteroatoms. The highest BCUT2D eigenvalue weighted by Gasteiger charge is 2.18. The molecule has 2 atom stereocenters. The normalized spacial score (nSPS) is 13.6. The maximum Gasteiger partial charge on any atom is 0.319 e. The second-order valence-electron chi connectivity index (χ2n) is 4.63. The summed E-state index contributed by atoms with van der Waals surface area (Å²) >= 11 is 1.41. The molecule has 0 heterocycles. The van der Waals surface area contributed by atoms with E-state index in [4.69, 9.17) is 9.84 Å². The summed E-state index contributed by atoms with van der Waals surface area (Å²) in [5, 5.41) is 8.41. The Morgan fingerprint density at radius 1 is 1.25 bits per heavy atom. The molecule has 0 spiro atoms. The van der Waals surface area contributed by atoms with Gasteiger partial charge in [0.1, 0.15) is 5.25 Å². The van der Waals surface area contributed by atoms with E-state index in [-0.39, 0.29) is 23.7 Å². The van der Waals surface area contributed by atoms with Crippen molar-refractivity contribution in [1.82, 2.24) is 0 Å². The molecule has 20 heavy (non-hydrogen) atoms. The minimum Gasteiger partial charge on any atom is -0.481 e. The van der Waals surface area contributed by atoms with E-state index in [1.165, 1.54) is 11.8 Å². The first kappa shape index (κ1) is 16.6. The van der Waals surface area contributed by atoms with Crippen molar-refractivity contribution in [1.29, 1.82) is 0 Å². The maximum atomic E-state index is 11.8. The fourth-order valence-corrected chi connectivity index (χ4v) is 2.34. The highest BCUT2D eigenvalue weighted by Crippen LogP contribution is 2.24. The van der Waals surface area contributed by atoms with Gasteiger partial charge in [-0.25, -0.2) is 0 Å². The number of rotatable bonds is 7. The molecule has 0 saturated heterocycles. The maximum absolute atomic E-state index is 11.8. The Kier molecular flexibility index (Phi) is 6.58. The number of hydrogen-bond acceptors (Lipinski definition) is 4. The van der Waals surface area contributed by atoms with Gasteiger partial charge < -0.3 is 9.84 Å². The largest absolute Gasteiger partial charge is 0.481 e. The van der Waals surface area contributed by atoms with Gasteiger partial charge in [0.2, 0.25) is 0 Å². The molecule has 4 nitrogen and oxygen atoms in total. The van der Waals surface area contributed by atoms with Crippen LogP contribution in [0.25, 0.3) is 0 Å². The van der Waals surface area contributed by atoms with E-state index < -0.39 is 5.97 Å². The lowest BCUT2D eigenvalue weighted by Crippen LogP contribution is -2.21. The summed E-state index contributed by atoms with van der Waals surface area (Å²) in [7, 11) is 0. The molecular weight excluding hydrogens is 276 g/mol. The van der Waals surface area contributed by atoms with Gasteiger partial charge in [-0.05, 0) is 38.0 Å². The molecule has 1 aromatic rings. The highest BCUT2D eigenvalue weighted by atomic mass is 32.2. The lowest BCUT2D eigenvalue weighted by molar-refractivity contribution is -0.147. The van der Waals surface area contributed by atoms with Crippen LogP contribution in [-0.4, -0.2) is 28.4 Å². The molecule has 1 aromatic carbocycles. The fraction of sp³-hybridized carbons (Fsp3) is 0.467. The zero-order valence-corrected chi connectivity index (χ0v) is 12.8. The van der Waals surface area contributed by atoms with Crippen molar-refractivity contribution in [2.45, 2.75) is 49.9 Å². The van der Waals surface area contributed by atoms with E-state index in [1.54, 1.807) is 19.1 Å². The number of ether oxygens (including phenoxy) is 1. The standard InChI is InChI=1S/C15H20O4S/c1-4-10(2)19-15(18)11(3)20-13-7-5-12(6-8-13)9-14(16)17/h5-8,10-11H,4,9H2,1-3H3,(H,16,17). The Bertz CT molecular complexity index is 455. The first-order valence-corrected chi connectivity index (χ1v) is 7.48. The van der Waals surface area contributed by atoms with E-state index in [0.717, 1.165) is 16.9 Å². The van der Waals surface area contributed by atoms with Gasteiger partial charge in [0, 0.05) is 4.90 Å². The van der Waals surface area contributed by atoms with Crippen LogP contribution in [0, 0.1) is 0 Å². The van der Waals surface area contributed by atoms with Crippen LogP contribution in [0.3, 0.4) is 0 Å². The molecule has 1 rings (SSSR count). The minimum absolute atomic E-state index is 0.0105. The van der Waals surface area contributed by atoms with Gasteiger partial charge >= 0.3 is 11.9 Å². The lowest BCUT2D eigenvalue weighted by atomic mass is 10.2. The molecule has 1 N–H and O–H groups in total.